The van der Waals surface area contributed by atoms with E-state index >= 15 is 0 Å². The van der Waals surface area contributed by atoms with E-state index in [1.807, 2.05) is 0 Å². The van der Waals surface area contributed by atoms with Crippen LogP contribution in [0.1, 0.15) is 17.0 Å². The zero-order chi connectivity index (χ0) is 13.8. The number of hydrogen-bond acceptors (Lipinski definition) is 0. The van der Waals surface area contributed by atoms with Crippen LogP contribution in [0.3, 0.4) is 0 Å². The standard InChI is InChI=1S/C15H12BrClF2/c16-9-11(13-3-1-2-4-15(13)19)7-10-5-6-12(18)8-14(10)17/h1-6,8,11H,7,9H2. The first-order valence-electron chi connectivity index (χ1n) is 5.86. The van der Waals surface area contributed by atoms with Gasteiger partial charge in [-0.2, -0.15) is 0 Å². The smallest absolute Gasteiger partial charge is 0.126 e. The highest BCUT2D eigenvalue weighted by Gasteiger charge is 2.16. The van der Waals surface area contributed by atoms with Gasteiger partial charge in [-0.05, 0) is 35.7 Å². The molecule has 0 saturated carbocycles. The first kappa shape index (κ1) is 14.5. The molecular formula is C15H12BrClF2. The van der Waals surface area contributed by atoms with Crippen molar-refractivity contribution in [2.24, 2.45) is 0 Å². The molecule has 0 heterocycles. The second-order valence-electron chi connectivity index (χ2n) is 4.31. The fourth-order valence-electron chi connectivity index (χ4n) is 2.01. The van der Waals surface area contributed by atoms with Gasteiger partial charge in [0.25, 0.3) is 0 Å². The zero-order valence-electron chi connectivity index (χ0n) is 10.0. The maximum atomic E-state index is 13.8. The second kappa shape index (κ2) is 6.49. The molecular weight excluding hydrogens is 334 g/mol. The van der Waals surface area contributed by atoms with E-state index in [0.29, 0.717) is 22.3 Å². The van der Waals surface area contributed by atoms with Crippen molar-refractivity contribution in [3.8, 4) is 0 Å². The molecule has 4 heteroatoms. The van der Waals surface area contributed by atoms with Crippen molar-refractivity contribution in [1.82, 2.24) is 0 Å². The van der Waals surface area contributed by atoms with E-state index in [9.17, 15) is 8.78 Å². The summed E-state index contributed by atoms with van der Waals surface area (Å²) in [6, 6.07) is 11.0. The van der Waals surface area contributed by atoms with E-state index in [0.717, 1.165) is 5.56 Å². The Morgan fingerprint density at radius 1 is 1.11 bits per heavy atom. The van der Waals surface area contributed by atoms with E-state index in [2.05, 4.69) is 15.9 Å². The maximum absolute atomic E-state index is 13.8. The Kier molecular flexibility index (Phi) is 4.94. The summed E-state index contributed by atoms with van der Waals surface area (Å²) in [7, 11) is 0. The first-order valence-corrected chi connectivity index (χ1v) is 7.36. The monoisotopic (exact) mass is 344 g/mol. The largest absolute Gasteiger partial charge is 0.207 e. The lowest BCUT2D eigenvalue weighted by atomic mass is 9.93. The van der Waals surface area contributed by atoms with Crippen molar-refractivity contribution in [3.05, 3.63) is 70.2 Å². The van der Waals surface area contributed by atoms with Gasteiger partial charge in [-0.1, -0.05) is 51.8 Å². The summed E-state index contributed by atoms with van der Waals surface area (Å²) in [4.78, 5) is 0. The molecule has 0 N–H and O–H groups in total. The van der Waals surface area contributed by atoms with Crippen LogP contribution in [0.5, 0.6) is 0 Å². The maximum Gasteiger partial charge on any atom is 0.126 e. The van der Waals surface area contributed by atoms with Gasteiger partial charge in [-0.3, -0.25) is 0 Å². The molecule has 2 aromatic rings. The van der Waals surface area contributed by atoms with Crippen LogP contribution in [0.25, 0.3) is 0 Å². The number of benzene rings is 2. The van der Waals surface area contributed by atoms with Crippen molar-refractivity contribution in [1.29, 1.82) is 0 Å². The minimum atomic E-state index is -0.366. The highest BCUT2D eigenvalue weighted by molar-refractivity contribution is 9.09. The third-order valence-electron chi connectivity index (χ3n) is 3.01. The van der Waals surface area contributed by atoms with Crippen LogP contribution in [-0.4, -0.2) is 5.33 Å². The molecule has 0 amide bonds. The molecule has 1 unspecified atom stereocenters. The van der Waals surface area contributed by atoms with E-state index in [-0.39, 0.29) is 17.6 Å². The van der Waals surface area contributed by atoms with Gasteiger partial charge in [0.15, 0.2) is 0 Å². The normalized spacial score (nSPS) is 12.4. The molecule has 0 spiro atoms. The van der Waals surface area contributed by atoms with Gasteiger partial charge >= 0.3 is 0 Å². The predicted octanol–water partition coefficient (Wildman–Crippen LogP) is 5.34. The Balaban J connectivity index is 2.27. The number of alkyl halides is 1. The molecule has 0 fully saturated rings. The molecule has 100 valence electrons. The molecule has 0 aliphatic carbocycles. The Labute approximate surface area is 124 Å². The van der Waals surface area contributed by atoms with Crippen LogP contribution in [0.2, 0.25) is 5.02 Å². The minimum Gasteiger partial charge on any atom is -0.207 e. The van der Waals surface area contributed by atoms with Gasteiger partial charge in [0, 0.05) is 16.3 Å². The van der Waals surface area contributed by atoms with Gasteiger partial charge in [0.2, 0.25) is 0 Å². The van der Waals surface area contributed by atoms with Gasteiger partial charge in [0.1, 0.15) is 11.6 Å². The Morgan fingerprint density at radius 3 is 2.47 bits per heavy atom. The number of rotatable bonds is 4. The summed E-state index contributed by atoms with van der Waals surface area (Å²) >= 11 is 9.41. The average molecular weight is 346 g/mol. The summed E-state index contributed by atoms with van der Waals surface area (Å²) in [5.41, 5.74) is 1.45. The topological polar surface area (TPSA) is 0 Å². The fraction of sp³-hybridized carbons (Fsp3) is 0.200. The Bertz CT molecular complexity index is 572. The quantitative estimate of drug-likeness (QED) is 0.656. The van der Waals surface area contributed by atoms with E-state index in [4.69, 9.17) is 11.6 Å². The van der Waals surface area contributed by atoms with Crippen molar-refractivity contribution in [2.75, 3.05) is 5.33 Å². The lowest BCUT2D eigenvalue weighted by Crippen LogP contribution is -2.07. The summed E-state index contributed by atoms with van der Waals surface area (Å²) < 4.78 is 26.8. The summed E-state index contributed by atoms with van der Waals surface area (Å²) in [6.45, 7) is 0. The van der Waals surface area contributed by atoms with E-state index in [1.54, 1.807) is 24.3 Å². The SMILES string of the molecule is Fc1ccc(CC(CBr)c2ccccc2F)c(Cl)c1. The lowest BCUT2D eigenvalue weighted by molar-refractivity contribution is 0.589. The van der Waals surface area contributed by atoms with Crippen molar-refractivity contribution in [3.63, 3.8) is 0 Å². The molecule has 0 nitrogen and oxygen atoms in total. The highest BCUT2D eigenvalue weighted by Crippen LogP contribution is 2.28. The third kappa shape index (κ3) is 3.54. The molecule has 0 aromatic heterocycles. The third-order valence-corrected chi connectivity index (χ3v) is 4.15. The predicted molar refractivity (Wildman–Crippen MR) is 78.0 cm³/mol. The number of halogens is 4. The van der Waals surface area contributed by atoms with Crippen LogP contribution in [-0.2, 0) is 6.42 Å². The summed E-state index contributed by atoms with van der Waals surface area (Å²) in [5, 5.41) is 0.990. The molecule has 0 radical (unpaired) electrons. The molecule has 0 bridgehead atoms. The molecule has 0 saturated heterocycles. The van der Waals surface area contributed by atoms with Gasteiger partial charge in [-0.25, -0.2) is 8.78 Å². The van der Waals surface area contributed by atoms with Crippen LogP contribution in [0.4, 0.5) is 8.78 Å². The van der Waals surface area contributed by atoms with Gasteiger partial charge in [-0.15, -0.1) is 0 Å². The molecule has 1 atom stereocenters. The van der Waals surface area contributed by atoms with Crippen LogP contribution >= 0.6 is 27.5 Å². The van der Waals surface area contributed by atoms with Crippen molar-refractivity contribution >= 4 is 27.5 Å². The van der Waals surface area contributed by atoms with Gasteiger partial charge in [0.05, 0.1) is 0 Å². The molecule has 0 aliphatic heterocycles. The fourth-order valence-corrected chi connectivity index (χ4v) is 2.83. The summed E-state index contributed by atoms with van der Waals surface area (Å²) in [6.07, 6.45) is 0.561. The highest BCUT2D eigenvalue weighted by atomic mass is 79.9. The Hall–Kier alpha value is -0.930. The van der Waals surface area contributed by atoms with Gasteiger partial charge < -0.3 is 0 Å². The molecule has 2 rings (SSSR count). The van der Waals surface area contributed by atoms with Crippen molar-refractivity contribution in [2.45, 2.75) is 12.3 Å². The second-order valence-corrected chi connectivity index (χ2v) is 5.37. The molecule has 2 aromatic carbocycles. The van der Waals surface area contributed by atoms with E-state index < -0.39 is 0 Å². The minimum absolute atomic E-state index is 0.0378. The average Bonchev–Trinajstić information content (AvgIpc) is 2.39. The lowest BCUT2D eigenvalue weighted by Gasteiger charge is -2.16. The molecule has 0 aliphatic rings. The van der Waals surface area contributed by atoms with Crippen LogP contribution < -0.4 is 0 Å². The van der Waals surface area contributed by atoms with E-state index in [1.165, 1.54) is 18.2 Å². The zero-order valence-corrected chi connectivity index (χ0v) is 12.4. The first-order chi connectivity index (χ1) is 9.11. The number of hydrogen-bond donors (Lipinski definition) is 0. The Morgan fingerprint density at radius 2 is 1.84 bits per heavy atom. The van der Waals surface area contributed by atoms with Crippen molar-refractivity contribution < 1.29 is 8.78 Å². The summed E-state index contributed by atoms with van der Waals surface area (Å²) in [5.74, 6) is -0.635. The van der Waals surface area contributed by atoms with Crippen LogP contribution in [0, 0.1) is 11.6 Å². The van der Waals surface area contributed by atoms with Crippen LogP contribution in [0.15, 0.2) is 42.5 Å². The molecule has 19 heavy (non-hydrogen) atoms.